The van der Waals surface area contributed by atoms with Crippen molar-refractivity contribution >= 4 is 5.90 Å². The molecule has 0 bridgehead atoms. The molecule has 0 spiro atoms. The van der Waals surface area contributed by atoms with E-state index < -0.39 is 0 Å². The third kappa shape index (κ3) is 3.27. The highest BCUT2D eigenvalue weighted by molar-refractivity contribution is 5.78. The molecule has 0 aromatic heterocycles. The lowest BCUT2D eigenvalue weighted by molar-refractivity contribution is -0.483. The summed E-state index contributed by atoms with van der Waals surface area (Å²) < 4.78 is 5.31. The summed E-state index contributed by atoms with van der Waals surface area (Å²) in [5.41, 5.74) is 0.961. The normalized spacial score (nSPS) is 16.1. The summed E-state index contributed by atoms with van der Waals surface area (Å²) in [5.74, 6) is 0.476. The fourth-order valence-electron chi connectivity index (χ4n) is 1.91. The van der Waals surface area contributed by atoms with Crippen LogP contribution in [0, 0.1) is 10.1 Å². The summed E-state index contributed by atoms with van der Waals surface area (Å²) in [6.45, 7) is 1.16. The lowest BCUT2D eigenvalue weighted by Crippen LogP contribution is -2.16. The number of aliphatic imine (C=N–C) groups is 1. The number of rotatable bonds is 5. The van der Waals surface area contributed by atoms with Crippen LogP contribution in [-0.4, -0.2) is 30.5 Å². The maximum Gasteiger partial charge on any atom is 0.211 e. The average Bonchev–Trinajstić information content (AvgIpc) is 2.82. The summed E-state index contributed by atoms with van der Waals surface area (Å²) in [6, 6.07) is 9.49. The van der Waals surface area contributed by atoms with Crippen LogP contribution in [0.1, 0.15) is 17.9 Å². The maximum absolute atomic E-state index is 10.7. The standard InChI is InChI=1S/C12H14N2O3/c15-14(16)9-11(8-12-13-6-7-17-12)10-4-2-1-3-5-10/h1-5,11H,6-9H2. The number of hydrogen-bond acceptors (Lipinski definition) is 4. The van der Waals surface area contributed by atoms with E-state index in [1.54, 1.807) is 0 Å². The van der Waals surface area contributed by atoms with Gasteiger partial charge in [0.25, 0.3) is 0 Å². The van der Waals surface area contributed by atoms with Gasteiger partial charge in [0, 0.05) is 11.3 Å². The van der Waals surface area contributed by atoms with Gasteiger partial charge < -0.3 is 4.74 Å². The van der Waals surface area contributed by atoms with Gasteiger partial charge in [-0.2, -0.15) is 0 Å². The highest BCUT2D eigenvalue weighted by Gasteiger charge is 2.22. The second-order valence-electron chi connectivity index (χ2n) is 3.95. The molecule has 0 fully saturated rings. The molecule has 0 saturated heterocycles. The van der Waals surface area contributed by atoms with E-state index in [0.29, 0.717) is 25.5 Å². The van der Waals surface area contributed by atoms with Crippen molar-refractivity contribution in [3.05, 3.63) is 46.0 Å². The first-order valence-electron chi connectivity index (χ1n) is 5.58. The largest absolute Gasteiger partial charge is 0.479 e. The van der Waals surface area contributed by atoms with Crippen molar-refractivity contribution in [2.75, 3.05) is 19.7 Å². The van der Waals surface area contributed by atoms with E-state index in [1.807, 2.05) is 30.3 Å². The Labute approximate surface area is 99.3 Å². The van der Waals surface area contributed by atoms with Gasteiger partial charge in [-0.25, -0.2) is 0 Å². The Hall–Kier alpha value is -1.91. The monoisotopic (exact) mass is 234 g/mol. The Morgan fingerprint density at radius 2 is 2.18 bits per heavy atom. The van der Waals surface area contributed by atoms with Crippen molar-refractivity contribution < 1.29 is 9.66 Å². The topological polar surface area (TPSA) is 64.7 Å². The Kier molecular flexibility index (Phi) is 3.69. The highest BCUT2D eigenvalue weighted by Crippen LogP contribution is 2.21. The van der Waals surface area contributed by atoms with E-state index >= 15 is 0 Å². The van der Waals surface area contributed by atoms with Gasteiger partial charge in [0.05, 0.1) is 12.5 Å². The summed E-state index contributed by atoms with van der Waals surface area (Å²) in [5, 5.41) is 10.7. The molecule has 1 aromatic carbocycles. The lowest BCUT2D eigenvalue weighted by Gasteiger charge is -2.12. The molecule has 0 amide bonds. The number of ether oxygens (including phenoxy) is 1. The van der Waals surface area contributed by atoms with E-state index in [4.69, 9.17) is 4.74 Å². The highest BCUT2D eigenvalue weighted by atomic mass is 16.6. The number of nitrogens with zero attached hydrogens (tertiary/aromatic N) is 2. The molecule has 1 aliphatic rings. The smallest absolute Gasteiger partial charge is 0.211 e. The van der Waals surface area contributed by atoms with Crippen molar-refractivity contribution in [2.45, 2.75) is 12.3 Å². The fourth-order valence-corrected chi connectivity index (χ4v) is 1.91. The summed E-state index contributed by atoms with van der Waals surface area (Å²) >= 11 is 0. The predicted molar refractivity (Wildman–Crippen MR) is 63.9 cm³/mol. The fraction of sp³-hybridized carbons (Fsp3) is 0.417. The Bertz CT molecular complexity index is 417. The minimum Gasteiger partial charge on any atom is -0.479 e. The van der Waals surface area contributed by atoms with Crippen molar-refractivity contribution in [3.8, 4) is 0 Å². The second kappa shape index (κ2) is 5.43. The maximum atomic E-state index is 10.7. The first kappa shape index (κ1) is 11.6. The average molecular weight is 234 g/mol. The lowest BCUT2D eigenvalue weighted by atomic mass is 9.96. The summed E-state index contributed by atoms with van der Waals surface area (Å²) in [6.07, 6.45) is 0.505. The van der Waals surface area contributed by atoms with Crippen LogP contribution in [0.2, 0.25) is 0 Å². The van der Waals surface area contributed by atoms with E-state index in [0.717, 1.165) is 5.56 Å². The van der Waals surface area contributed by atoms with Gasteiger partial charge in [-0.05, 0) is 5.56 Å². The molecule has 1 atom stereocenters. The van der Waals surface area contributed by atoms with Crippen LogP contribution >= 0.6 is 0 Å². The third-order valence-electron chi connectivity index (χ3n) is 2.71. The van der Waals surface area contributed by atoms with Crippen LogP contribution in [0.4, 0.5) is 0 Å². The van der Waals surface area contributed by atoms with Crippen molar-refractivity contribution in [1.29, 1.82) is 0 Å². The first-order chi connectivity index (χ1) is 8.25. The van der Waals surface area contributed by atoms with Gasteiger partial charge >= 0.3 is 0 Å². The molecule has 0 radical (unpaired) electrons. The molecule has 0 saturated carbocycles. The molecule has 90 valence electrons. The number of nitro groups is 1. The number of hydrogen-bond donors (Lipinski definition) is 0. The van der Waals surface area contributed by atoms with Crippen LogP contribution in [0.3, 0.4) is 0 Å². The summed E-state index contributed by atoms with van der Waals surface area (Å²) in [4.78, 5) is 14.6. The number of benzene rings is 1. The molecule has 2 rings (SSSR count). The molecule has 1 aromatic rings. The van der Waals surface area contributed by atoms with Crippen LogP contribution < -0.4 is 0 Å². The van der Waals surface area contributed by atoms with Crippen LogP contribution in [0.5, 0.6) is 0 Å². The Balaban J connectivity index is 2.10. The molecule has 1 unspecified atom stereocenters. The molecular weight excluding hydrogens is 220 g/mol. The van der Waals surface area contributed by atoms with Crippen molar-refractivity contribution in [3.63, 3.8) is 0 Å². The van der Waals surface area contributed by atoms with Gasteiger partial charge in [0.1, 0.15) is 6.61 Å². The molecule has 0 N–H and O–H groups in total. The molecule has 1 heterocycles. The molecule has 5 heteroatoms. The zero-order valence-corrected chi connectivity index (χ0v) is 9.41. The van der Waals surface area contributed by atoms with E-state index in [2.05, 4.69) is 4.99 Å². The van der Waals surface area contributed by atoms with Gasteiger partial charge in [-0.3, -0.25) is 15.1 Å². The molecular formula is C12H14N2O3. The zero-order valence-electron chi connectivity index (χ0n) is 9.41. The Morgan fingerprint density at radius 1 is 1.41 bits per heavy atom. The zero-order chi connectivity index (χ0) is 12.1. The van der Waals surface area contributed by atoms with Gasteiger partial charge in [0.15, 0.2) is 5.90 Å². The van der Waals surface area contributed by atoms with Gasteiger partial charge in [-0.15, -0.1) is 0 Å². The Morgan fingerprint density at radius 3 is 2.76 bits per heavy atom. The predicted octanol–water partition coefficient (Wildman–Crippen LogP) is 1.87. The van der Waals surface area contributed by atoms with Crippen molar-refractivity contribution in [1.82, 2.24) is 0 Å². The molecule has 17 heavy (non-hydrogen) atoms. The second-order valence-corrected chi connectivity index (χ2v) is 3.95. The van der Waals surface area contributed by atoms with Crippen LogP contribution in [0.25, 0.3) is 0 Å². The molecule has 0 aliphatic carbocycles. The van der Waals surface area contributed by atoms with Crippen LogP contribution in [0.15, 0.2) is 35.3 Å². The van der Waals surface area contributed by atoms with Crippen molar-refractivity contribution in [2.24, 2.45) is 4.99 Å². The van der Waals surface area contributed by atoms with Gasteiger partial charge in [0.2, 0.25) is 6.54 Å². The van der Waals surface area contributed by atoms with E-state index in [-0.39, 0.29) is 17.4 Å². The minimum atomic E-state index is -0.285. The first-order valence-corrected chi connectivity index (χ1v) is 5.58. The van der Waals surface area contributed by atoms with E-state index in [9.17, 15) is 10.1 Å². The van der Waals surface area contributed by atoms with Gasteiger partial charge in [-0.1, -0.05) is 30.3 Å². The SMILES string of the molecule is O=[N+]([O-])CC(CC1=NCCO1)c1ccccc1. The van der Waals surface area contributed by atoms with E-state index in [1.165, 1.54) is 0 Å². The molecule has 5 nitrogen and oxygen atoms in total. The molecule has 1 aliphatic heterocycles. The van der Waals surface area contributed by atoms with Crippen LogP contribution in [-0.2, 0) is 4.74 Å². The third-order valence-corrected chi connectivity index (χ3v) is 2.71. The summed E-state index contributed by atoms with van der Waals surface area (Å²) in [7, 11) is 0. The minimum absolute atomic E-state index is 0.0909. The quantitative estimate of drug-likeness (QED) is 0.577.